The van der Waals surface area contributed by atoms with Gasteiger partial charge in [-0.1, -0.05) is 6.07 Å². The monoisotopic (exact) mass is 450 g/mol. The van der Waals surface area contributed by atoms with Gasteiger partial charge in [-0.3, -0.25) is 4.90 Å². The quantitative estimate of drug-likeness (QED) is 0.434. The number of likely N-dealkylation sites (tertiary alicyclic amines) is 1. The second-order valence-electron chi connectivity index (χ2n) is 5.79. The van der Waals surface area contributed by atoms with E-state index >= 15 is 0 Å². The summed E-state index contributed by atoms with van der Waals surface area (Å²) in [6.07, 6.45) is 1.23. The fourth-order valence-corrected chi connectivity index (χ4v) is 3.78. The van der Waals surface area contributed by atoms with Gasteiger partial charge >= 0.3 is 0 Å². The Labute approximate surface area is 160 Å². The Bertz CT molecular complexity index is 476. The van der Waals surface area contributed by atoms with Crippen LogP contribution in [-0.4, -0.2) is 67.7 Å². The Kier molecular flexibility index (Phi) is 8.08. The average molecular weight is 450 g/mol. The van der Waals surface area contributed by atoms with E-state index < -0.39 is 0 Å². The number of nitrogens with one attached hydrogen (secondary N) is 1. The zero-order valence-electron chi connectivity index (χ0n) is 13.7. The van der Waals surface area contributed by atoms with Gasteiger partial charge in [0.25, 0.3) is 0 Å². The fourth-order valence-electron chi connectivity index (χ4n) is 3.16. The minimum absolute atomic E-state index is 0. The van der Waals surface area contributed by atoms with Crippen LogP contribution in [0.3, 0.4) is 0 Å². The number of hydrogen-bond acceptors (Lipinski definition) is 4. The van der Waals surface area contributed by atoms with Crippen molar-refractivity contribution >= 4 is 41.3 Å². The molecule has 1 aromatic rings. The van der Waals surface area contributed by atoms with E-state index in [2.05, 4.69) is 39.6 Å². The minimum atomic E-state index is 0. The third kappa shape index (κ3) is 5.30. The molecule has 1 unspecified atom stereocenters. The Hall–Kier alpha value is -0.380. The van der Waals surface area contributed by atoms with Gasteiger partial charge in [-0.15, -0.1) is 35.3 Å². The van der Waals surface area contributed by atoms with Crippen molar-refractivity contribution in [2.75, 3.05) is 45.9 Å². The molecule has 0 bridgehead atoms. The molecule has 2 fully saturated rings. The predicted octanol–water partition coefficient (Wildman–Crippen LogP) is 2.24. The Balaban J connectivity index is 0.00000192. The van der Waals surface area contributed by atoms with Gasteiger partial charge in [-0.25, -0.2) is 4.99 Å². The van der Waals surface area contributed by atoms with Crippen LogP contribution in [0, 0.1) is 0 Å². The van der Waals surface area contributed by atoms with E-state index in [0.29, 0.717) is 6.04 Å². The molecule has 0 aromatic carbocycles. The van der Waals surface area contributed by atoms with E-state index in [-0.39, 0.29) is 24.0 Å². The lowest BCUT2D eigenvalue weighted by molar-refractivity contribution is 0.0195. The molecule has 0 radical (unpaired) electrons. The number of hydrogen-bond donors (Lipinski definition) is 1. The molecular weight excluding hydrogens is 423 g/mol. The minimum Gasteiger partial charge on any atom is -0.379 e. The molecule has 0 spiro atoms. The van der Waals surface area contributed by atoms with E-state index in [1.165, 1.54) is 11.3 Å². The maximum Gasteiger partial charge on any atom is 0.194 e. The van der Waals surface area contributed by atoms with Gasteiger partial charge in [0.2, 0.25) is 0 Å². The lowest BCUT2D eigenvalue weighted by atomic mass is 10.2. The molecule has 130 valence electrons. The third-order valence-electron chi connectivity index (χ3n) is 4.32. The van der Waals surface area contributed by atoms with Crippen LogP contribution in [0.4, 0.5) is 0 Å². The first-order valence-electron chi connectivity index (χ1n) is 8.24. The lowest BCUT2D eigenvalue weighted by Gasteiger charge is -2.32. The topological polar surface area (TPSA) is 40.1 Å². The van der Waals surface area contributed by atoms with E-state index in [0.717, 1.165) is 58.4 Å². The molecular formula is C16H27IN4OS. The van der Waals surface area contributed by atoms with Crippen molar-refractivity contribution in [3.8, 4) is 0 Å². The number of morpholine rings is 1. The van der Waals surface area contributed by atoms with Crippen LogP contribution in [0.5, 0.6) is 0 Å². The van der Waals surface area contributed by atoms with Gasteiger partial charge in [0, 0.05) is 43.6 Å². The van der Waals surface area contributed by atoms with Gasteiger partial charge in [-0.05, 0) is 24.8 Å². The third-order valence-corrected chi connectivity index (χ3v) is 5.19. The smallest absolute Gasteiger partial charge is 0.194 e. The van der Waals surface area contributed by atoms with Crippen LogP contribution < -0.4 is 5.32 Å². The van der Waals surface area contributed by atoms with Crippen molar-refractivity contribution in [3.63, 3.8) is 0 Å². The maximum absolute atomic E-state index is 5.46. The first-order valence-corrected chi connectivity index (χ1v) is 9.12. The maximum atomic E-state index is 5.46. The highest BCUT2D eigenvalue weighted by Crippen LogP contribution is 2.17. The summed E-state index contributed by atoms with van der Waals surface area (Å²) < 4.78 is 5.46. The van der Waals surface area contributed by atoms with Gasteiger partial charge in [0.05, 0.1) is 19.8 Å². The van der Waals surface area contributed by atoms with E-state index in [9.17, 15) is 0 Å². The van der Waals surface area contributed by atoms with E-state index in [1.54, 1.807) is 11.3 Å². The van der Waals surface area contributed by atoms with Crippen molar-refractivity contribution in [2.24, 2.45) is 4.99 Å². The van der Waals surface area contributed by atoms with Crippen molar-refractivity contribution in [3.05, 3.63) is 22.4 Å². The summed E-state index contributed by atoms with van der Waals surface area (Å²) in [5.74, 6) is 1.06. The summed E-state index contributed by atoms with van der Waals surface area (Å²) in [4.78, 5) is 11.1. The first kappa shape index (κ1) is 19.0. The number of rotatable bonds is 4. The highest BCUT2D eigenvalue weighted by molar-refractivity contribution is 14.0. The summed E-state index contributed by atoms with van der Waals surface area (Å²) in [6, 6.07) is 4.89. The number of halogens is 1. The first-order chi connectivity index (χ1) is 10.9. The van der Waals surface area contributed by atoms with E-state index in [1.807, 2.05) is 0 Å². The molecule has 3 heterocycles. The van der Waals surface area contributed by atoms with Gasteiger partial charge < -0.3 is 15.0 Å². The number of ether oxygens (including phenoxy) is 1. The van der Waals surface area contributed by atoms with Crippen LogP contribution >= 0.6 is 35.3 Å². The van der Waals surface area contributed by atoms with Gasteiger partial charge in [0.1, 0.15) is 0 Å². The molecule has 1 N–H and O–H groups in total. The standard InChI is InChI=1S/C16H26N4OS.HI/c1-2-17-16(18-12-15-4-3-11-22-15)20-6-5-14(13-20)19-7-9-21-10-8-19;/h3-4,11,14H,2,5-10,12-13H2,1H3,(H,17,18);1H. The Morgan fingerprint density at radius 1 is 1.39 bits per heavy atom. The molecule has 2 saturated heterocycles. The molecule has 0 saturated carbocycles. The fraction of sp³-hybridized carbons (Fsp3) is 0.688. The zero-order chi connectivity index (χ0) is 15.2. The van der Waals surface area contributed by atoms with Crippen molar-refractivity contribution in [2.45, 2.75) is 25.9 Å². The van der Waals surface area contributed by atoms with Crippen molar-refractivity contribution in [1.29, 1.82) is 0 Å². The molecule has 5 nitrogen and oxygen atoms in total. The summed E-state index contributed by atoms with van der Waals surface area (Å²) in [7, 11) is 0. The summed E-state index contributed by atoms with van der Waals surface area (Å²) >= 11 is 1.77. The Morgan fingerprint density at radius 3 is 2.91 bits per heavy atom. The van der Waals surface area contributed by atoms with Crippen molar-refractivity contribution in [1.82, 2.24) is 15.1 Å². The SMILES string of the molecule is CCNC(=NCc1cccs1)N1CCC(N2CCOCC2)C1.I. The molecule has 7 heteroatoms. The van der Waals surface area contributed by atoms with Crippen LogP contribution in [-0.2, 0) is 11.3 Å². The molecule has 0 amide bonds. The summed E-state index contributed by atoms with van der Waals surface area (Å²) in [5.41, 5.74) is 0. The molecule has 3 rings (SSSR count). The highest BCUT2D eigenvalue weighted by atomic mass is 127. The number of nitrogens with zero attached hydrogens (tertiary/aromatic N) is 3. The second-order valence-corrected chi connectivity index (χ2v) is 6.82. The number of thiophene rings is 1. The molecule has 23 heavy (non-hydrogen) atoms. The van der Waals surface area contributed by atoms with Crippen LogP contribution in [0.15, 0.2) is 22.5 Å². The van der Waals surface area contributed by atoms with Crippen molar-refractivity contribution < 1.29 is 4.74 Å². The lowest BCUT2D eigenvalue weighted by Crippen LogP contribution is -2.46. The summed E-state index contributed by atoms with van der Waals surface area (Å²) in [5, 5.41) is 5.56. The van der Waals surface area contributed by atoms with Crippen LogP contribution in [0.2, 0.25) is 0 Å². The predicted molar refractivity (Wildman–Crippen MR) is 107 cm³/mol. The highest BCUT2D eigenvalue weighted by Gasteiger charge is 2.30. The number of aliphatic imine (C=N–C) groups is 1. The van der Waals surface area contributed by atoms with Crippen LogP contribution in [0.25, 0.3) is 0 Å². The van der Waals surface area contributed by atoms with Gasteiger partial charge in [0.15, 0.2) is 5.96 Å². The largest absolute Gasteiger partial charge is 0.379 e. The molecule has 2 aliphatic rings. The molecule has 2 aliphatic heterocycles. The van der Waals surface area contributed by atoms with Gasteiger partial charge in [-0.2, -0.15) is 0 Å². The average Bonchev–Trinajstić information content (AvgIpc) is 3.24. The number of guanidine groups is 1. The normalized spacial score (nSPS) is 22.9. The molecule has 1 aromatic heterocycles. The Morgan fingerprint density at radius 2 is 2.22 bits per heavy atom. The zero-order valence-corrected chi connectivity index (χ0v) is 16.9. The second kappa shape index (κ2) is 9.80. The van der Waals surface area contributed by atoms with E-state index in [4.69, 9.17) is 9.73 Å². The summed E-state index contributed by atoms with van der Waals surface area (Å²) in [6.45, 7) is 9.90. The van der Waals surface area contributed by atoms with Crippen LogP contribution in [0.1, 0.15) is 18.2 Å². The molecule has 0 aliphatic carbocycles. The molecule has 1 atom stereocenters.